The third-order valence-corrected chi connectivity index (χ3v) is 6.31. The molecule has 2 unspecified atom stereocenters. The second-order valence-electron chi connectivity index (χ2n) is 8.26. The molecule has 29 heavy (non-hydrogen) atoms. The summed E-state index contributed by atoms with van der Waals surface area (Å²) >= 11 is 0. The van der Waals surface area contributed by atoms with Crippen molar-refractivity contribution in [1.82, 2.24) is 10.2 Å². The Morgan fingerprint density at radius 2 is 1.83 bits per heavy atom. The molecule has 1 N–H and O–H groups in total. The highest BCUT2D eigenvalue weighted by atomic mass is 16.7. The van der Waals surface area contributed by atoms with Crippen molar-refractivity contribution >= 4 is 11.9 Å². The zero-order valence-electron chi connectivity index (χ0n) is 17.0. The van der Waals surface area contributed by atoms with Gasteiger partial charge in [-0.25, -0.2) is 0 Å². The Bertz CT molecular complexity index is 739. The molecule has 1 aromatic rings. The molecule has 7 nitrogen and oxygen atoms in total. The number of nitrogens with one attached hydrogen (secondary N) is 1. The highest BCUT2D eigenvalue weighted by Gasteiger charge is 2.40. The van der Waals surface area contributed by atoms with Crippen LogP contribution in [0.2, 0.25) is 0 Å². The summed E-state index contributed by atoms with van der Waals surface area (Å²) in [5.41, 5.74) is 1.25. The van der Waals surface area contributed by atoms with Crippen molar-refractivity contribution in [1.29, 1.82) is 0 Å². The third kappa shape index (κ3) is 4.83. The number of benzene rings is 1. The monoisotopic (exact) mass is 402 g/mol. The number of carbonyl (C=O) groups excluding carboxylic acids is 2. The number of ether oxygens (including phenoxy) is 3. The van der Waals surface area contributed by atoms with E-state index < -0.39 is 0 Å². The van der Waals surface area contributed by atoms with Gasteiger partial charge in [0.25, 0.3) is 0 Å². The maximum absolute atomic E-state index is 12.3. The number of esters is 1. The molecule has 1 aromatic carbocycles. The average Bonchev–Trinajstić information content (AvgIpc) is 3.26. The lowest BCUT2D eigenvalue weighted by Gasteiger charge is -2.39. The summed E-state index contributed by atoms with van der Waals surface area (Å²) in [5.74, 6) is 1.55. The van der Waals surface area contributed by atoms with E-state index in [1.165, 1.54) is 25.5 Å². The number of unbranched alkanes of at least 4 members (excludes halogenated alkanes) is 1. The van der Waals surface area contributed by atoms with E-state index in [0.29, 0.717) is 38.1 Å². The lowest BCUT2D eigenvalue weighted by Crippen LogP contribution is -2.49. The summed E-state index contributed by atoms with van der Waals surface area (Å²) in [4.78, 5) is 26.0. The lowest BCUT2D eigenvalue weighted by molar-refractivity contribution is -0.140. The van der Waals surface area contributed by atoms with Gasteiger partial charge in [-0.2, -0.15) is 0 Å². The SMILES string of the molecule is COC(=O)CCCCC(=O)NC1CC2CCC(C1)N2Cc1ccc2c(c1)OCO2. The van der Waals surface area contributed by atoms with Crippen LogP contribution in [0.3, 0.4) is 0 Å². The van der Waals surface area contributed by atoms with Crippen LogP contribution in [-0.4, -0.2) is 48.8 Å². The molecule has 0 aliphatic carbocycles. The van der Waals surface area contributed by atoms with Crippen molar-refractivity contribution in [3.05, 3.63) is 23.8 Å². The summed E-state index contributed by atoms with van der Waals surface area (Å²) in [6.45, 7) is 1.22. The number of hydrogen-bond acceptors (Lipinski definition) is 6. The summed E-state index contributed by atoms with van der Waals surface area (Å²) < 4.78 is 15.5. The van der Waals surface area contributed by atoms with Gasteiger partial charge in [0.2, 0.25) is 12.7 Å². The normalized spacial score (nSPS) is 25.1. The molecule has 0 radical (unpaired) electrons. The number of nitrogens with zero attached hydrogens (tertiary/aromatic N) is 1. The van der Waals surface area contributed by atoms with Crippen LogP contribution in [0.25, 0.3) is 0 Å². The smallest absolute Gasteiger partial charge is 0.305 e. The number of fused-ring (bicyclic) bond motifs is 3. The van der Waals surface area contributed by atoms with E-state index in [0.717, 1.165) is 37.3 Å². The summed E-state index contributed by atoms with van der Waals surface area (Å²) in [6, 6.07) is 7.49. The predicted molar refractivity (Wildman–Crippen MR) is 107 cm³/mol. The quantitative estimate of drug-likeness (QED) is 0.532. The fourth-order valence-electron chi connectivity index (χ4n) is 4.86. The molecule has 2 bridgehead atoms. The number of amides is 1. The Hall–Kier alpha value is -2.28. The van der Waals surface area contributed by atoms with E-state index in [-0.39, 0.29) is 17.9 Å². The van der Waals surface area contributed by atoms with Crippen LogP contribution in [0, 0.1) is 0 Å². The first-order valence-electron chi connectivity index (χ1n) is 10.6. The topological polar surface area (TPSA) is 77.1 Å². The first kappa shape index (κ1) is 20.0. The van der Waals surface area contributed by atoms with Crippen molar-refractivity contribution in [3.63, 3.8) is 0 Å². The minimum Gasteiger partial charge on any atom is -0.469 e. The summed E-state index contributed by atoms with van der Waals surface area (Å²) in [5, 5.41) is 3.22. The van der Waals surface area contributed by atoms with Crippen LogP contribution in [-0.2, 0) is 20.9 Å². The van der Waals surface area contributed by atoms with Gasteiger partial charge in [-0.15, -0.1) is 0 Å². The van der Waals surface area contributed by atoms with Crippen LogP contribution >= 0.6 is 0 Å². The molecule has 3 aliphatic rings. The highest BCUT2D eigenvalue weighted by Crippen LogP contribution is 2.38. The molecule has 2 saturated heterocycles. The molecule has 0 spiro atoms. The number of rotatable bonds is 8. The molecule has 3 aliphatic heterocycles. The molecular formula is C22H30N2O5. The number of hydrogen-bond donors (Lipinski definition) is 1. The van der Waals surface area contributed by atoms with Crippen molar-refractivity contribution in [2.24, 2.45) is 0 Å². The molecule has 4 rings (SSSR count). The van der Waals surface area contributed by atoms with Crippen LogP contribution in [0.15, 0.2) is 18.2 Å². The van der Waals surface area contributed by atoms with Crippen molar-refractivity contribution in [3.8, 4) is 11.5 Å². The van der Waals surface area contributed by atoms with E-state index in [1.807, 2.05) is 6.07 Å². The van der Waals surface area contributed by atoms with Gasteiger partial charge in [0.15, 0.2) is 11.5 Å². The van der Waals surface area contributed by atoms with Gasteiger partial charge in [0.05, 0.1) is 7.11 Å². The molecule has 2 atom stereocenters. The number of piperidine rings is 1. The van der Waals surface area contributed by atoms with Crippen molar-refractivity contribution in [2.75, 3.05) is 13.9 Å². The molecule has 158 valence electrons. The Morgan fingerprint density at radius 1 is 1.10 bits per heavy atom. The second-order valence-corrected chi connectivity index (χ2v) is 8.26. The summed E-state index contributed by atoms with van der Waals surface area (Å²) in [6.07, 6.45) is 6.68. The molecule has 1 amide bonds. The van der Waals surface area contributed by atoms with E-state index in [4.69, 9.17) is 9.47 Å². The Balaban J connectivity index is 1.24. The van der Waals surface area contributed by atoms with Gasteiger partial charge in [-0.3, -0.25) is 14.5 Å². The standard InChI is InChI=1S/C22H30N2O5/c1-27-22(26)5-3-2-4-21(25)23-16-11-17-7-8-18(12-16)24(17)13-15-6-9-19-20(10-15)29-14-28-19/h6,9-10,16-18H,2-5,7-8,11-14H2,1H3,(H,23,25). The minimum absolute atomic E-state index is 0.100. The minimum atomic E-state index is -0.211. The van der Waals surface area contributed by atoms with E-state index in [9.17, 15) is 9.59 Å². The molecule has 2 fully saturated rings. The van der Waals surface area contributed by atoms with Gasteiger partial charge in [0, 0.05) is 37.5 Å². The van der Waals surface area contributed by atoms with Gasteiger partial charge >= 0.3 is 5.97 Å². The number of methoxy groups -OCH3 is 1. The molecule has 0 saturated carbocycles. The summed E-state index contributed by atoms with van der Waals surface area (Å²) in [7, 11) is 1.39. The molecule has 7 heteroatoms. The number of carbonyl (C=O) groups is 2. The zero-order valence-corrected chi connectivity index (χ0v) is 17.0. The van der Waals surface area contributed by atoms with Gasteiger partial charge in [-0.1, -0.05) is 6.07 Å². The molecular weight excluding hydrogens is 372 g/mol. The Labute approximate surface area is 171 Å². The van der Waals surface area contributed by atoms with Crippen molar-refractivity contribution in [2.45, 2.75) is 76.0 Å². The van der Waals surface area contributed by atoms with Gasteiger partial charge in [-0.05, 0) is 56.2 Å². The van der Waals surface area contributed by atoms with E-state index >= 15 is 0 Å². The molecule has 0 aromatic heterocycles. The highest BCUT2D eigenvalue weighted by molar-refractivity contribution is 5.76. The maximum atomic E-state index is 12.3. The lowest BCUT2D eigenvalue weighted by atomic mass is 9.96. The van der Waals surface area contributed by atoms with E-state index in [2.05, 4.69) is 27.1 Å². The van der Waals surface area contributed by atoms with Crippen LogP contribution in [0.4, 0.5) is 0 Å². The van der Waals surface area contributed by atoms with Gasteiger partial charge < -0.3 is 19.5 Å². The Kier molecular flexibility index (Phi) is 6.23. The van der Waals surface area contributed by atoms with Gasteiger partial charge in [0.1, 0.15) is 0 Å². The van der Waals surface area contributed by atoms with Crippen LogP contribution in [0.5, 0.6) is 11.5 Å². The maximum Gasteiger partial charge on any atom is 0.305 e. The third-order valence-electron chi connectivity index (χ3n) is 6.31. The predicted octanol–water partition coefficient (Wildman–Crippen LogP) is 2.76. The first-order chi connectivity index (χ1) is 14.1. The average molecular weight is 402 g/mol. The fraction of sp³-hybridized carbons (Fsp3) is 0.636. The van der Waals surface area contributed by atoms with Crippen molar-refractivity contribution < 1.29 is 23.8 Å². The zero-order chi connectivity index (χ0) is 20.2. The Morgan fingerprint density at radius 3 is 2.59 bits per heavy atom. The fourth-order valence-corrected chi connectivity index (χ4v) is 4.86. The van der Waals surface area contributed by atoms with Crippen LogP contribution < -0.4 is 14.8 Å². The van der Waals surface area contributed by atoms with Crippen LogP contribution in [0.1, 0.15) is 56.9 Å². The van der Waals surface area contributed by atoms with E-state index in [1.54, 1.807) is 0 Å². The second kappa shape index (κ2) is 9.03. The largest absolute Gasteiger partial charge is 0.469 e. The molecule has 3 heterocycles. The first-order valence-corrected chi connectivity index (χ1v) is 10.6.